The highest BCUT2D eigenvalue weighted by Crippen LogP contribution is 2.55. The van der Waals surface area contributed by atoms with Crippen molar-refractivity contribution in [1.29, 1.82) is 0 Å². The molecule has 1 aliphatic carbocycles. The fourth-order valence-corrected chi connectivity index (χ4v) is 7.33. The molecule has 2 N–H and O–H groups in total. The number of nitrogens with zero attached hydrogens (tertiary/aromatic N) is 3. The molecule has 3 aliphatic heterocycles. The van der Waals surface area contributed by atoms with E-state index >= 15 is 0 Å². The van der Waals surface area contributed by atoms with Crippen LogP contribution in [0.2, 0.25) is 0 Å². The lowest BCUT2D eigenvalue weighted by Gasteiger charge is -2.56. The molecule has 196 valence electrons. The highest BCUT2D eigenvalue weighted by molar-refractivity contribution is 6.05. The Bertz CT molecular complexity index is 1250. The minimum absolute atomic E-state index is 0.173. The molecular weight excluding hydrogens is 468 g/mol. The second-order valence-corrected chi connectivity index (χ2v) is 11.5. The number of benzene rings is 1. The number of amides is 3. The third-order valence-electron chi connectivity index (χ3n) is 9.44. The first kappa shape index (κ1) is 24.4. The van der Waals surface area contributed by atoms with E-state index in [4.69, 9.17) is 0 Å². The average Bonchev–Trinajstić information content (AvgIpc) is 3.44. The van der Waals surface area contributed by atoms with Crippen LogP contribution < -0.4 is 5.32 Å². The van der Waals surface area contributed by atoms with Crippen molar-refractivity contribution < 1.29 is 19.5 Å². The minimum atomic E-state index is -0.960. The van der Waals surface area contributed by atoms with Gasteiger partial charge >= 0.3 is 0 Å². The predicted octanol–water partition coefficient (Wildman–Crippen LogP) is 2.83. The van der Waals surface area contributed by atoms with Crippen molar-refractivity contribution in [2.75, 3.05) is 13.1 Å². The second-order valence-electron chi connectivity index (χ2n) is 11.5. The molecule has 1 saturated carbocycles. The lowest BCUT2D eigenvalue weighted by Crippen LogP contribution is -2.58. The first-order chi connectivity index (χ1) is 17.8. The molecule has 2 atom stereocenters. The summed E-state index contributed by atoms with van der Waals surface area (Å²) in [5.41, 5.74) is 2.44. The van der Waals surface area contributed by atoms with Crippen LogP contribution in [-0.4, -0.2) is 56.3 Å². The largest absolute Gasteiger partial charge is 0.384 e. The van der Waals surface area contributed by atoms with E-state index in [2.05, 4.69) is 40.2 Å². The Labute approximate surface area is 217 Å². The van der Waals surface area contributed by atoms with Gasteiger partial charge < -0.3 is 14.6 Å². The van der Waals surface area contributed by atoms with Gasteiger partial charge in [-0.2, -0.15) is 0 Å². The van der Waals surface area contributed by atoms with Crippen LogP contribution >= 0.6 is 0 Å². The molecule has 3 fully saturated rings. The molecular formula is C29H36N4O4. The first-order valence-corrected chi connectivity index (χ1v) is 13.6. The van der Waals surface area contributed by atoms with Crippen molar-refractivity contribution in [3.8, 4) is 0 Å². The highest BCUT2D eigenvalue weighted by atomic mass is 16.3. The molecule has 1 aromatic heterocycles. The molecule has 0 bridgehead atoms. The number of likely N-dealkylation sites (tertiary alicyclic amines) is 1. The van der Waals surface area contributed by atoms with Gasteiger partial charge in [-0.3, -0.25) is 24.6 Å². The molecule has 2 saturated heterocycles. The molecule has 6 rings (SSSR count). The van der Waals surface area contributed by atoms with Gasteiger partial charge in [0.25, 0.3) is 5.91 Å². The van der Waals surface area contributed by atoms with Crippen LogP contribution in [0.4, 0.5) is 0 Å². The van der Waals surface area contributed by atoms with E-state index < -0.39 is 17.6 Å². The second kappa shape index (κ2) is 9.10. The van der Waals surface area contributed by atoms with E-state index in [0.29, 0.717) is 24.9 Å². The summed E-state index contributed by atoms with van der Waals surface area (Å²) in [5.74, 6) is -0.859. The van der Waals surface area contributed by atoms with E-state index in [1.807, 2.05) is 18.2 Å². The topological polar surface area (TPSA) is 94.9 Å². The molecule has 2 aromatic rings. The number of aliphatic hydroxyl groups is 1. The van der Waals surface area contributed by atoms with Crippen molar-refractivity contribution >= 4 is 17.7 Å². The molecule has 37 heavy (non-hydrogen) atoms. The van der Waals surface area contributed by atoms with Crippen LogP contribution in [0, 0.1) is 5.41 Å². The molecule has 4 heterocycles. The zero-order valence-corrected chi connectivity index (χ0v) is 21.5. The normalized spacial score (nSPS) is 28.0. The van der Waals surface area contributed by atoms with Crippen LogP contribution in [0.3, 0.4) is 0 Å². The van der Waals surface area contributed by atoms with Gasteiger partial charge in [0.1, 0.15) is 6.04 Å². The number of hydrogen-bond donors (Lipinski definition) is 2. The Balaban J connectivity index is 1.28. The summed E-state index contributed by atoms with van der Waals surface area (Å²) in [4.78, 5) is 41.3. The van der Waals surface area contributed by atoms with Gasteiger partial charge in [0.05, 0.1) is 5.60 Å². The Kier molecular flexibility index (Phi) is 5.99. The number of imide groups is 1. The van der Waals surface area contributed by atoms with Gasteiger partial charge in [0.2, 0.25) is 11.8 Å². The van der Waals surface area contributed by atoms with Gasteiger partial charge in [-0.1, -0.05) is 31.4 Å². The molecule has 8 heteroatoms. The predicted molar refractivity (Wildman–Crippen MR) is 137 cm³/mol. The van der Waals surface area contributed by atoms with Crippen molar-refractivity contribution in [2.24, 2.45) is 12.5 Å². The maximum atomic E-state index is 13.2. The van der Waals surface area contributed by atoms with E-state index in [0.717, 1.165) is 56.4 Å². The molecule has 2 unspecified atom stereocenters. The number of hydrogen-bond acceptors (Lipinski definition) is 5. The summed E-state index contributed by atoms with van der Waals surface area (Å²) in [5, 5.41) is 14.8. The summed E-state index contributed by atoms with van der Waals surface area (Å²) in [6.07, 6.45) is 8.74. The van der Waals surface area contributed by atoms with Crippen molar-refractivity contribution in [2.45, 2.75) is 76.1 Å². The summed E-state index contributed by atoms with van der Waals surface area (Å²) < 4.78 is 2.17. The average molecular weight is 505 g/mol. The molecule has 0 radical (unpaired) electrons. The van der Waals surface area contributed by atoms with E-state index in [1.54, 1.807) is 4.90 Å². The third kappa shape index (κ3) is 4.01. The number of rotatable bonds is 4. The van der Waals surface area contributed by atoms with Crippen LogP contribution in [0.5, 0.6) is 0 Å². The summed E-state index contributed by atoms with van der Waals surface area (Å²) in [6.45, 7) is 2.87. The molecule has 4 aliphatic rings. The highest BCUT2D eigenvalue weighted by Gasteiger charge is 2.55. The molecule has 3 amide bonds. The summed E-state index contributed by atoms with van der Waals surface area (Å²) in [7, 11) is 2.08. The third-order valence-corrected chi connectivity index (χ3v) is 9.44. The van der Waals surface area contributed by atoms with Crippen molar-refractivity contribution in [3.63, 3.8) is 0 Å². The Morgan fingerprint density at radius 2 is 1.89 bits per heavy atom. The van der Waals surface area contributed by atoms with E-state index in [9.17, 15) is 19.5 Å². The quantitative estimate of drug-likeness (QED) is 0.625. The monoisotopic (exact) mass is 504 g/mol. The number of carbonyl (C=O) groups is 3. The van der Waals surface area contributed by atoms with Crippen LogP contribution in [0.1, 0.15) is 78.5 Å². The SMILES string of the molecule is Cn1cccc1CN1CCC(O)(c2ccc3c(c2)CN(C2CCC(=O)NC2=O)C3=O)C2(CCCCC2)C1. The maximum Gasteiger partial charge on any atom is 0.255 e. The fraction of sp³-hybridized carbons (Fsp3) is 0.552. The number of nitrogens with one attached hydrogen (secondary N) is 1. The van der Waals surface area contributed by atoms with Crippen LogP contribution in [0.15, 0.2) is 36.5 Å². The van der Waals surface area contributed by atoms with Gasteiger partial charge in [-0.15, -0.1) is 0 Å². The lowest BCUT2D eigenvalue weighted by molar-refractivity contribution is -0.160. The standard InChI is InChI=1S/C29H36N4O4/c1-31-14-5-6-22(31)18-32-15-13-29(37,28(19-32)11-3-2-4-12-28)21-7-8-23-20(16-21)17-33(27(23)36)24-9-10-25(34)30-26(24)35/h5-8,14,16,24,37H,2-4,9-13,15,17-19H2,1H3,(H,30,34,35). The van der Waals surface area contributed by atoms with Gasteiger partial charge in [-0.05, 0) is 55.0 Å². The smallest absolute Gasteiger partial charge is 0.255 e. The van der Waals surface area contributed by atoms with E-state index in [-0.39, 0.29) is 23.7 Å². The van der Waals surface area contributed by atoms with Gasteiger partial charge in [0.15, 0.2) is 0 Å². The number of aromatic nitrogens is 1. The minimum Gasteiger partial charge on any atom is -0.384 e. The lowest BCUT2D eigenvalue weighted by atomic mass is 9.58. The Morgan fingerprint density at radius 3 is 2.62 bits per heavy atom. The molecule has 1 spiro atoms. The number of piperidine rings is 2. The van der Waals surface area contributed by atoms with Crippen molar-refractivity contribution in [1.82, 2.24) is 19.7 Å². The van der Waals surface area contributed by atoms with Crippen molar-refractivity contribution in [3.05, 3.63) is 58.9 Å². The summed E-state index contributed by atoms with van der Waals surface area (Å²) >= 11 is 0. The number of carbonyl (C=O) groups excluding carboxylic acids is 3. The fourth-order valence-electron chi connectivity index (χ4n) is 7.33. The first-order valence-electron chi connectivity index (χ1n) is 13.6. The van der Waals surface area contributed by atoms with Crippen LogP contribution in [-0.2, 0) is 35.3 Å². The van der Waals surface area contributed by atoms with Gasteiger partial charge in [-0.25, -0.2) is 0 Å². The molecule has 1 aromatic carbocycles. The van der Waals surface area contributed by atoms with Crippen LogP contribution in [0.25, 0.3) is 0 Å². The summed E-state index contributed by atoms with van der Waals surface area (Å²) in [6, 6.07) is 9.41. The maximum absolute atomic E-state index is 13.2. The molecule has 8 nitrogen and oxygen atoms in total. The zero-order chi connectivity index (χ0) is 25.8. The van der Waals surface area contributed by atoms with E-state index in [1.165, 1.54) is 12.1 Å². The number of fused-ring (bicyclic) bond motifs is 1. The Hall–Kier alpha value is -2.97. The Morgan fingerprint density at radius 1 is 1.08 bits per heavy atom. The van der Waals surface area contributed by atoms with Gasteiger partial charge in [0, 0.05) is 62.5 Å². The zero-order valence-electron chi connectivity index (χ0n) is 21.5. The number of aryl methyl sites for hydroxylation is 1.